The Labute approximate surface area is 102 Å². The van der Waals surface area contributed by atoms with Crippen LogP contribution < -0.4 is 5.73 Å². The molecule has 0 aromatic carbocycles. The highest BCUT2D eigenvalue weighted by atomic mass is 15.1. The number of rotatable bonds is 4. The number of imidazole rings is 1. The van der Waals surface area contributed by atoms with E-state index in [9.17, 15) is 0 Å². The number of hydrogen-bond acceptors (Lipinski definition) is 3. The highest BCUT2D eigenvalue weighted by Gasteiger charge is 2.08. The lowest BCUT2D eigenvalue weighted by Crippen LogP contribution is -2.08. The Morgan fingerprint density at radius 3 is 2.88 bits per heavy atom. The van der Waals surface area contributed by atoms with Gasteiger partial charge in [-0.3, -0.25) is 4.98 Å². The molecule has 0 amide bonds. The highest BCUT2D eigenvalue weighted by molar-refractivity contribution is 5.41. The third-order valence-corrected chi connectivity index (χ3v) is 2.77. The minimum Gasteiger partial charge on any atom is -0.326 e. The van der Waals surface area contributed by atoms with Crippen molar-refractivity contribution in [3.8, 4) is 5.69 Å². The van der Waals surface area contributed by atoms with Gasteiger partial charge < -0.3 is 10.3 Å². The Hall–Kier alpha value is -1.68. The van der Waals surface area contributed by atoms with Gasteiger partial charge in [-0.2, -0.15) is 0 Å². The Balaban J connectivity index is 2.51. The molecule has 0 saturated carbocycles. The summed E-state index contributed by atoms with van der Waals surface area (Å²) in [5, 5.41) is 0. The van der Waals surface area contributed by atoms with Crippen LogP contribution in [0.2, 0.25) is 0 Å². The first-order valence-electron chi connectivity index (χ1n) is 5.94. The maximum atomic E-state index is 5.76. The summed E-state index contributed by atoms with van der Waals surface area (Å²) < 4.78 is 2.11. The SMILES string of the molecule is CCCc1nccn1-c1cc(C)ncc1CN. The quantitative estimate of drug-likeness (QED) is 0.873. The second kappa shape index (κ2) is 5.10. The largest absolute Gasteiger partial charge is 0.326 e. The van der Waals surface area contributed by atoms with Crippen molar-refractivity contribution in [3.63, 3.8) is 0 Å². The van der Waals surface area contributed by atoms with Gasteiger partial charge in [-0.05, 0) is 19.4 Å². The highest BCUT2D eigenvalue weighted by Crippen LogP contribution is 2.17. The molecule has 0 fully saturated rings. The first kappa shape index (κ1) is 11.8. The van der Waals surface area contributed by atoms with Crippen molar-refractivity contribution in [3.05, 3.63) is 41.7 Å². The summed E-state index contributed by atoms with van der Waals surface area (Å²) in [5.41, 5.74) is 8.90. The van der Waals surface area contributed by atoms with Crippen LogP contribution in [0.1, 0.15) is 30.4 Å². The van der Waals surface area contributed by atoms with E-state index in [2.05, 4.69) is 27.5 Å². The smallest absolute Gasteiger partial charge is 0.113 e. The molecule has 90 valence electrons. The fraction of sp³-hybridized carbons (Fsp3) is 0.385. The van der Waals surface area contributed by atoms with E-state index in [1.807, 2.05) is 25.5 Å². The molecule has 0 spiro atoms. The minimum atomic E-state index is 0.492. The van der Waals surface area contributed by atoms with Gasteiger partial charge in [0.15, 0.2) is 0 Å². The maximum Gasteiger partial charge on any atom is 0.113 e. The van der Waals surface area contributed by atoms with Gasteiger partial charge in [0.05, 0.1) is 5.69 Å². The number of aryl methyl sites for hydroxylation is 2. The first-order valence-corrected chi connectivity index (χ1v) is 5.94. The van der Waals surface area contributed by atoms with Crippen LogP contribution in [0.15, 0.2) is 24.7 Å². The zero-order valence-electron chi connectivity index (χ0n) is 10.3. The van der Waals surface area contributed by atoms with Gasteiger partial charge in [0.25, 0.3) is 0 Å². The zero-order valence-corrected chi connectivity index (χ0v) is 10.3. The van der Waals surface area contributed by atoms with Gasteiger partial charge in [0, 0.05) is 42.8 Å². The molecule has 0 aliphatic heterocycles. The topological polar surface area (TPSA) is 56.7 Å². The summed E-state index contributed by atoms with van der Waals surface area (Å²) in [6.45, 7) is 4.63. The van der Waals surface area contributed by atoms with Crippen molar-refractivity contribution in [1.29, 1.82) is 0 Å². The van der Waals surface area contributed by atoms with E-state index in [-0.39, 0.29) is 0 Å². The van der Waals surface area contributed by atoms with Crippen molar-refractivity contribution >= 4 is 0 Å². The molecule has 0 bridgehead atoms. The van der Waals surface area contributed by atoms with Gasteiger partial charge in [-0.25, -0.2) is 4.98 Å². The molecule has 4 heteroatoms. The number of aromatic nitrogens is 3. The molecule has 2 aromatic rings. The van der Waals surface area contributed by atoms with E-state index < -0.39 is 0 Å². The van der Waals surface area contributed by atoms with Gasteiger partial charge in [-0.15, -0.1) is 0 Å². The van der Waals surface area contributed by atoms with Gasteiger partial charge in [-0.1, -0.05) is 6.92 Å². The number of pyridine rings is 1. The van der Waals surface area contributed by atoms with Crippen LogP contribution in [0.5, 0.6) is 0 Å². The summed E-state index contributed by atoms with van der Waals surface area (Å²) in [6.07, 6.45) is 7.72. The molecular formula is C13H18N4. The average molecular weight is 230 g/mol. The summed E-state index contributed by atoms with van der Waals surface area (Å²) in [4.78, 5) is 8.67. The molecule has 2 aromatic heterocycles. The van der Waals surface area contributed by atoms with E-state index in [1.54, 1.807) is 0 Å². The number of hydrogen-bond donors (Lipinski definition) is 1. The maximum absolute atomic E-state index is 5.76. The van der Waals surface area contributed by atoms with Gasteiger partial charge >= 0.3 is 0 Å². The Kier molecular flexibility index (Phi) is 3.54. The monoisotopic (exact) mass is 230 g/mol. The molecule has 17 heavy (non-hydrogen) atoms. The van der Waals surface area contributed by atoms with E-state index in [1.165, 1.54) is 0 Å². The van der Waals surface area contributed by atoms with Crippen LogP contribution in [0.4, 0.5) is 0 Å². The normalized spacial score (nSPS) is 10.8. The standard InChI is InChI=1S/C13H18N4/c1-3-4-13-15-5-6-17(13)12-7-10(2)16-9-11(12)8-14/h5-7,9H,3-4,8,14H2,1-2H3. The van der Waals surface area contributed by atoms with E-state index in [4.69, 9.17) is 5.73 Å². The molecule has 2 heterocycles. The third-order valence-electron chi connectivity index (χ3n) is 2.77. The van der Waals surface area contributed by atoms with E-state index >= 15 is 0 Å². The fourth-order valence-corrected chi connectivity index (χ4v) is 1.92. The molecule has 0 radical (unpaired) electrons. The summed E-state index contributed by atoms with van der Waals surface area (Å²) in [5.74, 6) is 1.08. The predicted molar refractivity (Wildman–Crippen MR) is 68.0 cm³/mol. The Morgan fingerprint density at radius 1 is 1.35 bits per heavy atom. The van der Waals surface area contributed by atoms with Crippen LogP contribution in [0.25, 0.3) is 5.69 Å². The predicted octanol–water partition coefficient (Wildman–Crippen LogP) is 1.99. The lowest BCUT2D eigenvalue weighted by molar-refractivity contribution is 0.801. The molecule has 0 atom stereocenters. The number of nitrogens with zero attached hydrogens (tertiary/aromatic N) is 3. The second-order valence-electron chi connectivity index (χ2n) is 4.12. The average Bonchev–Trinajstić information content (AvgIpc) is 2.77. The van der Waals surface area contributed by atoms with Crippen LogP contribution in [0.3, 0.4) is 0 Å². The molecule has 2 N–H and O–H groups in total. The van der Waals surface area contributed by atoms with E-state index in [0.29, 0.717) is 6.54 Å². The van der Waals surface area contributed by atoms with Crippen LogP contribution in [0, 0.1) is 6.92 Å². The molecule has 0 aliphatic rings. The van der Waals surface area contributed by atoms with Crippen LogP contribution >= 0.6 is 0 Å². The van der Waals surface area contributed by atoms with Crippen LogP contribution in [-0.4, -0.2) is 14.5 Å². The zero-order chi connectivity index (χ0) is 12.3. The third kappa shape index (κ3) is 2.36. The number of nitrogens with two attached hydrogens (primary N) is 1. The van der Waals surface area contributed by atoms with Crippen molar-refractivity contribution in [2.75, 3.05) is 0 Å². The van der Waals surface area contributed by atoms with Crippen molar-refractivity contribution < 1.29 is 0 Å². The van der Waals surface area contributed by atoms with E-state index in [0.717, 1.165) is 35.6 Å². The molecule has 0 aliphatic carbocycles. The molecule has 4 nitrogen and oxygen atoms in total. The van der Waals surface area contributed by atoms with Gasteiger partial charge in [0.1, 0.15) is 5.82 Å². The van der Waals surface area contributed by atoms with Crippen molar-refractivity contribution in [2.24, 2.45) is 5.73 Å². The summed E-state index contributed by atoms with van der Waals surface area (Å²) in [6, 6.07) is 2.06. The summed E-state index contributed by atoms with van der Waals surface area (Å²) in [7, 11) is 0. The van der Waals surface area contributed by atoms with Crippen LogP contribution in [-0.2, 0) is 13.0 Å². The molecule has 2 rings (SSSR count). The molecular weight excluding hydrogens is 212 g/mol. The van der Waals surface area contributed by atoms with Crippen molar-refractivity contribution in [1.82, 2.24) is 14.5 Å². The van der Waals surface area contributed by atoms with Gasteiger partial charge in [0.2, 0.25) is 0 Å². The Bertz CT molecular complexity index is 502. The molecule has 0 unspecified atom stereocenters. The van der Waals surface area contributed by atoms with Crippen molar-refractivity contribution in [2.45, 2.75) is 33.2 Å². The first-order chi connectivity index (χ1) is 8.26. The Morgan fingerprint density at radius 2 is 2.18 bits per heavy atom. The summed E-state index contributed by atoms with van der Waals surface area (Å²) >= 11 is 0. The fourth-order valence-electron chi connectivity index (χ4n) is 1.92. The lowest BCUT2D eigenvalue weighted by Gasteiger charge is -2.12. The minimum absolute atomic E-state index is 0.492. The lowest BCUT2D eigenvalue weighted by atomic mass is 10.2. The molecule has 0 saturated heterocycles. The second-order valence-corrected chi connectivity index (χ2v) is 4.12.